The van der Waals surface area contributed by atoms with Crippen LogP contribution in [0.1, 0.15) is 19.8 Å². The van der Waals surface area contributed by atoms with Gasteiger partial charge in [0.2, 0.25) is 5.95 Å². The lowest BCUT2D eigenvalue weighted by Gasteiger charge is -2.23. The minimum Gasteiger partial charge on any atom is -0.368 e. The van der Waals surface area contributed by atoms with E-state index in [4.69, 9.17) is 5.73 Å². The maximum Gasteiger partial charge on any atom is 0.223 e. The Kier molecular flexibility index (Phi) is 3.52. The molecule has 1 aliphatic rings. The zero-order chi connectivity index (χ0) is 13.2. The zero-order valence-electron chi connectivity index (χ0n) is 11.1. The number of rotatable bonds is 4. The number of nitrogens with one attached hydrogen (secondary N) is 1. The van der Waals surface area contributed by atoms with E-state index < -0.39 is 0 Å². The van der Waals surface area contributed by atoms with Crippen LogP contribution in [0.15, 0.2) is 11.4 Å². The Morgan fingerprint density at radius 3 is 3.26 bits per heavy atom. The molecular weight excluding hydrogens is 258 g/mol. The average Bonchev–Trinajstić information content (AvgIpc) is 3.03. The molecule has 3 heterocycles. The summed E-state index contributed by atoms with van der Waals surface area (Å²) >= 11 is 1.60. The second kappa shape index (κ2) is 5.30. The van der Waals surface area contributed by atoms with Crippen molar-refractivity contribution in [3.8, 4) is 0 Å². The highest BCUT2D eigenvalue weighted by Gasteiger charge is 2.22. The Hall–Kier alpha value is -1.40. The molecule has 1 atom stereocenters. The summed E-state index contributed by atoms with van der Waals surface area (Å²) in [6.07, 6.45) is 2.55. The SMILES string of the molecule is CCN1CCCC1CNc1nc(N)nc2sccc12. The number of likely N-dealkylation sites (tertiary alicyclic amines) is 1. The molecule has 1 unspecified atom stereocenters. The van der Waals surface area contributed by atoms with Gasteiger partial charge in [-0.3, -0.25) is 4.90 Å². The van der Waals surface area contributed by atoms with Crippen LogP contribution in [0.25, 0.3) is 10.2 Å². The first-order valence-electron chi connectivity index (χ1n) is 6.76. The van der Waals surface area contributed by atoms with Gasteiger partial charge in [-0.25, -0.2) is 4.98 Å². The van der Waals surface area contributed by atoms with Gasteiger partial charge in [0.25, 0.3) is 0 Å². The first-order chi connectivity index (χ1) is 9.28. The average molecular weight is 277 g/mol. The molecular formula is C13H19N5S. The number of hydrogen-bond acceptors (Lipinski definition) is 6. The Morgan fingerprint density at radius 2 is 2.42 bits per heavy atom. The highest BCUT2D eigenvalue weighted by molar-refractivity contribution is 7.16. The van der Waals surface area contributed by atoms with Gasteiger partial charge in [0.1, 0.15) is 10.6 Å². The normalized spacial score (nSPS) is 20.2. The summed E-state index contributed by atoms with van der Waals surface area (Å²) in [6, 6.07) is 2.66. The van der Waals surface area contributed by atoms with Crippen LogP contribution in [0.3, 0.4) is 0 Å². The number of hydrogen-bond donors (Lipinski definition) is 2. The Morgan fingerprint density at radius 1 is 1.53 bits per heavy atom. The van der Waals surface area contributed by atoms with Crippen LogP contribution in [-0.4, -0.2) is 40.5 Å². The fourth-order valence-corrected chi connectivity index (χ4v) is 3.53. The molecule has 1 fully saturated rings. The van der Waals surface area contributed by atoms with E-state index >= 15 is 0 Å². The first-order valence-corrected chi connectivity index (χ1v) is 7.64. The van der Waals surface area contributed by atoms with Gasteiger partial charge in [0.15, 0.2) is 0 Å². The molecule has 0 radical (unpaired) electrons. The fourth-order valence-electron chi connectivity index (χ4n) is 2.76. The maximum atomic E-state index is 5.76. The first kappa shape index (κ1) is 12.6. The molecule has 19 heavy (non-hydrogen) atoms. The molecule has 1 saturated heterocycles. The van der Waals surface area contributed by atoms with Crippen LogP contribution in [0, 0.1) is 0 Å². The molecule has 0 aliphatic carbocycles. The molecule has 0 saturated carbocycles. The van der Waals surface area contributed by atoms with Crippen LogP contribution in [-0.2, 0) is 0 Å². The summed E-state index contributed by atoms with van der Waals surface area (Å²) in [5, 5.41) is 6.55. The summed E-state index contributed by atoms with van der Waals surface area (Å²) in [4.78, 5) is 12.0. The van der Waals surface area contributed by atoms with Gasteiger partial charge in [0.05, 0.1) is 5.39 Å². The number of nitrogens with two attached hydrogens (primary N) is 1. The lowest BCUT2D eigenvalue weighted by molar-refractivity contribution is 0.277. The third-order valence-electron chi connectivity index (χ3n) is 3.75. The fraction of sp³-hybridized carbons (Fsp3) is 0.538. The number of anilines is 2. The van der Waals surface area contributed by atoms with Crippen molar-refractivity contribution in [2.45, 2.75) is 25.8 Å². The van der Waals surface area contributed by atoms with Crippen molar-refractivity contribution >= 4 is 33.3 Å². The van der Waals surface area contributed by atoms with Crippen LogP contribution in [0.2, 0.25) is 0 Å². The van der Waals surface area contributed by atoms with Gasteiger partial charge in [-0.2, -0.15) is 4.98 Å². The van der Waals surface area contributed by atoms with Crippen LogP contribution in [0.4, 0.5) is 11.8 Å². The third kappa shape index (κ3) is 2.50. The minimum absolute atomic E-state index is 0.344. The molecule has 0 spiro atoms. The largest absolute Gasteiger partial charge is 0.368 e. The van der Waals surface area contributed by atoms with Gasteiger partial charge < -0.3 is 11.1 Å². The molecule has 0 amide bonds. The predicted molar refractivity (Wildman–Crippen MR) is 80.6 cm³/mol. The van der Waals surface area contributed by atoms with Gasteiger partial charge in [-0.1, -0.05) is 6.92 Å². The quantitative estimate of drug-likeness (QED) is 0.896. The molecule has 1 aliphatic heterocycles. The van der Waals surface area contributed by atoms with E-state index in [9.17, 15) is 0 Å². The maximum absolute atomic E-state index is 5.76. The number of thiophene rings is 1. The number of likely N-dealkylation sites (N-methyl/N-ethyl adjacent to an activating group) is 1. The van der Waals surface area contributed by atoms with Crippen LogP contribution in [0.5, 0.6) is 0 Å². The lowest BCUT2D eigenvalue weighted by Crippen LogP contribution is -2.34. The van der Waals surface area contributed by atoms with Crippen molar-refractivity contribution in [3.05, 3.63) is 11.4 Å². The topological polar surface area (TPSA) is 67.1 Å². The molecule has 2 aromatic heterocycles. The van der Waals surface area contributed by atoms with E-state index in [-0.39, 0.29) is 0 Å². The van der Waals surface area contributed by atoms with Gasteiger partial charge in [-0.05, 0) is 37.4 Å². The number of nitrogens with zero attached hydrogens (tertiary/aromatic N) is 3. The van der Waals surface area contributed by atoms with Crippen molar-refractivity contribution in [2.75, 3.05) is 30.7 Å². The number of aromatic nitrogens is 2. The van der Waals surface area contributed by atoms with Crippen molar-refractivity contribution < 1.29 is 0 Å². The molecule has 3 N–H and O–H groups in total. The van der Waals surface area contributed by atoms with Crippen molar-refractivity contribution in [3.63, 3.8) is 0 Å². The molecule has 5 nitrogen and oxygen atoms in total. The van der Waals surface area contributed by atoms with E-state index in [2.05, 4.69) is 27.1 Å². The summed E-state index contributed by atoms with van der Waals surface area (Å²) in [6.45, 7) is 5.47. The Bertz CT molecular complexity index is 567. The van der Waals surface area contributed by atoms with Crippen LogP contribution >= 0.6 is 11.3 Å². The molecule has 102 valence electrons. The molecule has 3 rings (SSSR count). The van der Waals surface area contributed by atoms with E-state index in [1.54, 1.807) is 11.3 Å². The molecule has 0 bridgehead atoms. The van der Waals surface area contributed by atoms with Crippen LogP contribution < -0.4 is 11.1 Å². The standard InChI is InChI=1S/C13H19N5S/c1-2-18-6-3-4-9(18)8-15-11-10-5-7-19-12(10)17-13(14)16-11/h5,7,9H,2-4,6,8H2,1H3,(H3,14,15,16,17). The Labute approximate surface area is 116 Å². The molecule has 2 aromatic rings. The van der Waals surface area contributed by atoms with E-state index in [1.807, 2.05) is 11.4 Å². The van der Waals surface area contributed by atoms with Gasteiger partial charge in [0, 0.05) is 12.6 Å². The molecule has 0 aromatic carbocycles. The van der Waals surface area contributed by atoms with Crippen molar-refractivity contribution in [1.29, 1.82) is 0 Å². The van der Waals surface area contributed by atoms with Gasteiger partial charge in [-0.15, -0.1) is 11.3 Å². The van der Waals surface area contributed by atoms with Crippen molar-refractivity contribution in [2.24, 2.45) is 0 Å². The third-order valence-corrected chi connectivity index (χ3v) is 4.56. The molecule has 6 heteroatoms. The number of nitrogen functional groups attached to an aromatic ring is 1. The lowest BCUT2D eigenvalue weighted by atomic mass is 10.2. The van der Waals surface area contributed by atoms with Crippen molar-refractivity contribution in [1.82, 2.24) is 14.9 Å². The summed E-state index contributed by atoms with van der Waals surface area (Å²) in [5.41, 5.74) is 5.76. The highest BCUT2D eigenvalue weighted by Crippen LogP contribution is 2.26. The monoisotopic (exact) mass is 277 g/mol. The summed E-state index contributed by atoms with van der Waals surface area (Å²) in [5.74, 6) is 1.21. The minimum atomic E-state index is 0.344. The predicted octanol–water partition coefficient (Wildman–Crippen LogP) is 2.17. The number of fused-ring (bicyclic) bond motifs is 1. The summed E-state index contributed by atoms with van der Waals surface area (Å²) in [7, 11) is 0. The van der Waals surface area contributed by atoms with E-state index in [0.29, 0.717) is 12.0 Å². The van der Waals surface area contributed by atoms with E-state index in [0.717, 1.165) is 29.1 Å². The smallest absolute Gasteiger partial charge is 0.223 e. The summed E-state index contributed by atoms with van der Waals surface area (Å²) < 4.78 is 0. The van der Waals surface area contributed by atoms with E-state index in [1.165, 1.54) is 19.4 Å². The second-order valence-electron chi connectivity index (χ2n) is 4.88. The highest BCUT2D eigenvalue weighted by atomic mass is 32.1. The zero-order valence-corrected chi connectivity index (χ0v) is 11.9. The Balaban J connectivity index is 1.76. The second-order valence-corrected chi connectivity index (χ2v) is 5.77. The van der Waals surface area contributed by atoms with Gasteiger partial charge >= 0.3 is 0 Å².